The number of carbonyl (C=O) groups is 1. The summed E-state index contributed by atoms with van der Waals surface area (Å²) < 4.78 is 45.6. The van der Waals surface area contributed by atoms with Gasteiger partial charge in [-0.25, -0.2) is 17.6 Å². The maximum Gasteiger partial charge on any atom is 0.303 e. The lowest BCUT2D eigenvalue weighted by Gasteiger charge is -2.40. The molecule has 43 heavy (non-hydrogen) atoms. The van der Waals surface area contributed by atoms with E-state index in [9.17, 15) is 17.8 Å². The van der Waals surface area contributed by atoms with Crippen LogP contribution in [0, 0.1) is 0 Å². The maximum atomic E-state index is 11.4. The molecule has 4 aliphatic heterocycles. The number of aromatic nitrogens is 2. The molecule has 7 rings (SSSR count). The standard InChI is InChI=1S/C32H36N4O6S/c37-30(38)13-2-1-7-16-33-24-9-3-5-11-26(24)35-18-14-28-22(31(33)35)21-23-29(42-28)15-19-36-27-12-6-4-10-25(27)34(32(23)36)17-8-20-43(39,40)41/h3-6,9-12,21,28-29H,1-2,7-8,13-20H2,(H-,37,38,39,40,41). The minimum atomic E-state index is -4.31. The second kappa shape index (κ2) is 11.1. The highest BCUT2D eigenvalue weighted by Crippen LogP contribution is 2.48. The quantitative estimate of drug-likeness (QED) is 0.210. The lowest BCUT2D eigenvalue weighted by atomic mass is 9.90. The van der Waals surface area contributed by atoms with Crippen LogP contribution >= 0.6 is 0 Å². The number of imidazole rings is 1. The highest BCUT2D eigenvalue weighted by Gasteiger charge is 2.45. The number of aliphatic carboxylic acids is 1. The zero-order chi connectivity index (χ0) is 29.7. The van der Waals surface area contributed by atoms with Crippen LogP contribution in [0.25, 0.3) is 16.6 Å². The minimum Gasteiger partial charge on any atom is -0.748 e. The SMILES string of the molecule is O=C(O)CCCCCN1C2=C3C=C4c5n(CCCS(=O)(=O)[O-])c6ccccc6[n+]5CCC4OC3CCN2c2ccccc21. The first-order chi connectivity index (χ1) is 20.8. The van der Waals surface area contributed by atoms with Crippen molar-refractivity contribution in [1.82, 2.24) is 4.57 Å². The number of carboxylic acid groups (broad SMARTS) is 1. The van der Waals surface area contributed by atoms with Crippen molar-refractivity contribution in [3.05, 3.63) is 71.8 Å². The smallest absolute Gasteiger partial charge is 0.303 e. The molecule has 4 aliphatic rings. The normalized spacial score (nSPS) is 20.8. The molecule has 0 saturated carbocycles. The van der Waals surface area contributed by atoms with E-state index in [1.165, 1.54) is 5.69 Å². The number of anilines is 2. The fraction of sp³-hybridized carbons (Fsp3) is 0.438. The third kappa shape index (κ3) is 5.13. The molecule has 0 amide bonds. The van der Waals surface area contributed by atoms with Gasteiger partial charge in [0.25, 0.3) is 5.82 Å². The topological polar surface area (TPSA) is 119 Å². The highest BCUT2D eigenvalue weighted by atomic mass is 32.2. The highest BCUT2D eigenvalue weighted by molar-refractivity contribution is 7.85. The number of hydrogen-bond donors (Lipinski definition) is 1. The number of unbranched alkanes of at least 4 members (excludes halogenated alkanes) is 2. The molecule has 2 atom stereocenters. The summed E-state index contributed by atoms with van der Waals surface area (Å²) in [7, 11) is -4.31. The molecule has 2 aromatic carbocycles. The van der Waals surface area contributed by atoms with Gasteiger partial charge in [0, 0.05) is 37.3 Å². The Labute approximate surface area is 251 Å². The molecule has 0 bridgehead atoms. The summed E-state index contributed by atoms with van der Waals surface area (Å²) in [6.45, 7) is 2.86. The van der Waals surface area contributed by atoms with E-state index < -0.39 is 21.8 Å². The van der Waals surface area contributed by atoms with Gasteiger partial charge in [-0.05, 0) is 56.0 Å². The van der Waals surface area contributed by atoms with Crippen LogP contribution in [0.5, 0.6) is 0 Å². The first-order valence-electron chi connectivity index (χ1n) is 15.2. The van der Waals surface area contributed by atoms with E-state index in [1.807, 2.05) is 12.1 Å². The molecule has 5 heterocycles. The van der Waals surface area contributed by atoms with Crippen LogP contribution in [0.2, 0.25) is 0 Å². The average Bonchev–Trinajstić information content (AvgIpc) is 3.48. The van der Waals surface area contributed by atoms with Gasteiger partial charge < -0.3 is 24.2 Å². The Kier molecular flexibility index (Phi) is 7.27. The second-order valence-electron chi connectivity index (χ2n) is 11.8. The van der Waals surface area contributed by atoms with Crippen LogP contribution in [0.4, 0.5) is 11.4 Å². The molecule has 226 valence electrons. The van der Waals surface area contributed by atoms with Crippen molar-refractivity contribution in [2.45, 2.75) is 70.2 Å². The van der Waals surface area contributed by atoms with Crippen molar-refractivity contribution < 1.29 is 32.2 Å². The Morgan fingerprint density at radius 3 is 2.58 bits per heavy atom. The Bertz CT molecular complexity index is 1760. The van der Waals surface area contributed by atoms with E-state index in [0.29, 0.717) is 13.0 Å². The van der Waals surface area contributed by atoms with E-state index in [2.05, 4.69) is 61.4 Å². The summed E-state index contributed by atoms with van der Waals surface area (Å²) in [6, 6.07) is 16.6. The molecule has 1 aromatic heterocycles. The summed E-state index contributed by atoms with van der Waals surface area (Å²) in [5.74, 6) is 0.998. The monoisotopic (exact) mass is 604 g/mol. The molecule has 1 N–H and O–H groups in total. The molecule has 2 unspecified atom stereocenters. The second-order valence-corrected chi connectivity index (χ2v) is 13.3. The Hall–Kier alpha value is -3.67. The van der Waals surface area contributed by atoms with Crippen LogP contribution in [-0.4, -0.2) is 59.7 Å². The van der Waals surface area contributed by atoms with Crippen LogP contribution in [0.3, 0.4) is 0 Å². The Morgan fingerprint density at radius 1 is 0.977 bits per heavy atom. The van der Waals surface area contributed by atoms with Crippen molar-refractivity contribution in [1.29, 1.82) is 0 Å². The van der Waals surface area contributed by atoms with Crippen molar-refractivity contribution in [3.8, 4) is 0 Å². The fourth-order valence-corrected chi connectivity index (χ4v) is 7.78. The molecule has 0 fully saturated rings. The van der Waals surface area contributed by atoms with Gasteiger partial charge in [0.15, 0.2) is 11.0 Å². The number of benzene rings is 2. The van der Waals surface area contributed by atoms with Gasteiger partial charge in [-0.2, -0.15) is 0 Å². The molecule has 0 saturated heterocycles. The molecule has 3 aromatic rings. The summed E-state index contributed by atoms with van der Waals surface area (Å²) in [5.41, 5.74) is 6.68. The number of carboxylic acids is 1. The van der Waals surface area contributed by atoms with Crippen LogP contribution < -0.4 is 14.4 Å². The zero-order valence-corrected chi connectivity index (χ0v) is 24.8. The third-order valence-corrected chi connectivity index (χ3v) is 9.87. The van der Waals surface area contributed by atoms with Gasteiger partial charge in [-0.1, -0.05) is 30.7 Å². The summed E-state index contributed by atoms with van der Waals surface area (Å²) >= 11 is 0. The molecule has 0 aliphatic carbocycles. The minimum absolute atomic E-state index is 0.0289. The van der Waals surface area contributed by atoms with Gasteiger partial charge in [-0.15, -0.1) is 0 Å². The third-order valence-electron chi connectivity index (χ3n) is 9.08. The predicted molar refractivity (Wildman–Crippen MR) is 161 cm³/mol. The Morgan fingerprint density at radius 2 is 1.77 bits per heavy atom. The van der Waals surface area contributed by atoms with Crippen LogP contribution in [0.15, 0.2) is 66.0 Å². The fourth-order valence-electron chi connectivity index (χ4n) is 7.30. The number of para-hydroxylation sites is 4. The van der Waals surface area contributed by atoms with Gasteiger partial charge in [0.1, 0.15) is 5.82 Å². The average molecular weight is 605 g/mol. The first-order valence-corrected chi connectivity index (χ1v) is 16.8. The summed E-state index contributed by atoms with van der Waals surface area (Å²) in [4.78, 5) is 15.8. The number of ether oxygens (including phenoxy) is 1. The largest absolute Gasteiger partial charge is 0.748 e. The van der Waals surface area contributed by atoms with Gasteiger partial charge >= 0.3 is 5.97 Å². The van der Waals surface area contributed by atoms with Crippen molar-refractivity contribution in [2.75, 3.05) is 28.6 Å². The number of fused-ring (bicyclic) bond motifs is 9. The molecule has 11 heteroatoms. The van der Waals surface area contributed by atoms with Crippen LogP contribution in [0.1, 0.15) is 50.8 Å². The number of hydrogen-bond acceptors (Lipinski definition) is 7. The lowest BCUT2D eigenvalue weighted by Crippen LogP contribution is -2.49. The van der Waals surface area contributed by atoms with E-state index in [1.54, 1.807) is 0 Å². The predicted octanol–water partition coefficient (Wildman–Crippen LogP) is 4.01. The van der Waals surface area contributed by atoms with Gasteiger partial charge in [-0.3, -0.25) is 4.79 Å². The summed E-state index contributed by atoms with van der Waals surface area (Å²) in [6.07, 6.45) is 6.76. The van der Waals surface area contributed by atoms with E-state index in [0.717, 1.165) is 84.8 Å². The zero-order valence-electron chi connectivity index (χ0n) is 24.0. The van der Waals surface area contributed by atoms with Crippen molar-refractivity contribution in [2.24, 2.45) is 0 Å². The van der Waals surface area contributed by atoms with Gasteiger partial charge in [0.05, 0.1) is 52.4 Å². The van der Waals surface area contributed by atoms with Gasteiger partial charge in [0.2, 0.25) is 0 Å². The lowest BCUT2D eigenvalue weighted by molar-refractivity contribution is -0.679. The molecule has 0 radical (unpaired) electrons. The first kappa shape index (κ1) is 28.1. The molecular formula is C32H36N4O6S. The number of nitrogens with zero attached hydrogens (tertiary/aromatic N) is 4. The van der Waals surface area contributed by atoms with Crippen LogP contribution in [-0.2, 0) is 32.7 Å². The number of rotatable bonds is 10. The van der Waals surface area contributed by atoms with Crippen molar-refractivity contribution in [3.63, 3.8) is 0 Å². The maximum absolute atomic E-state index is 11.4. The van der Waals surface area contributed by atoms with E-state index in [4.69, 9.17) is 9.84 Å². The molecule has 10 nitrogen and oxygen atoms in total. The van der Waals surface area contributed by atoms with E-state index >= 15 is 0 Å². The Balaban J connectivity index is 1.31. The number of aryl methyl sites for hydroxylation is 2. The summed E-state index contributed by atoms with van der Waals surface area (Å²) in [5, 5.41) is 9.06. The van der Waals surface area contributed by atoms with Crippen molar-refractivity contribution >= 4 is 44.1 Å². The molecular weight excluding hydrogens is 568 g/mol. The molecule has 0 spiro atoms. The van der Waals surface area contributed by atoms with E-state index in [-0.39, 0.29) is 25.0 Å².